The quantitative estimate of drug-likeness (QED) is 0.326. The van der Waals surface area contributed by atoms with E-state index in [1.165, 1.54) is 4.31 Å². The number of anilines is 1. The van der Waals surface area contributed by atoms with Gasteiger partial charge in [-0.3, -0.25) is 13.9 Å². The summed E-state index contributed by atoms with van der Waals surface area (Å²) in [6.45, 7) is 4.86. The molecule has 1 atom stereocenters. The van der Waals surface area contributed by atoms with Crippen LogP contribution in [0.15, 0.2) is 48.5 Å². The van der Waals surface area contributed by atoms with Gasteiger partial charge in [0.15, 0.2) is 0 Å². The van der Waals surface area contributed by atoms with Crippen molar-refractivity contribution >= 4 is 39.1 Å². The molecule has 0 bridgehead atoms. The van der Waals surface area contributed by atoms with Crippen molar-refractivity contribution in [1.82, 2.24) is 10.2 Å². The molecule has 0 aliphatic heterocycles. The smallest absolute Gasteiger partial charge is 0.242 e. The van der Waals surface area contributed by atoms with Crippen molar-refractivity contribution in [3.63, 3.8) is 0 Å². The lowest BCUT2D eigenvalue weighted by molar-refractivity contribution is -0.141. The van der Waals surface area contributed by atoms with Crippen molar-refractivity contribution in [3.8, 4) is 5.75 Å². The molecule has 204 valence electrons. The van der Waals surface area contributed by atoms with Gasteiger partial charge < -0.3 is 15.0 Å². The minimum atomic E-state index is -3.56. The summed E-state index contributed by atoms with van der Waals surface area (Å²) in [6.07, 6.45) is 3.80. The first kappa shape index (κ1) is 30.4. The molecule has 2 amide bonds. The van der Waals surface area contributed by atoms with Gasteiger partial charge in [-0.15, -0.1) is 0 Å². The number of nitrogens with one attached hydrogen (secondary N) is 1. The fourth-order valence-corrected chi connectivity index (χ4v) is 5.06. The highest BCUT2D eigenvalue weighted by Gasteiger charge is 2.28. The number of carbonyl (C=O) groups excluding carboxylic acids is 2. The highest BCUT2D eigenvalue weighted by molar-refractivity contribution is 7.92. The lowest BCUT2D eigenvalue weighted by atomic mass is 10.1. The third-order valence-electron chi connectivity index (χ3n) is 5.99. The molecule has 1 N–H and O–H groups in total. The van der Waals surface area contributed by atoms with Gasteiger partial charge in [0.25, 0.3) is 0 Å². The second-order valence-corrected chi connectivity index (χ2v) is 11.2. The van der Waals surface area contributed by atoms with E-state index in [2.05, 4.69) is 5.32 Å². The Labute approximate surface area is 226 Å². The molecule has 0 aromatic heterocycles. The predicted molar refractivity (Wildman–Crippen MR) is 148 cm³/mol. The third kappa shape index (κ3) is 9.55. The molecule has 0 unspecified atom stereocenters. The molecule has 8 nitrogen and oxygen atoms in total. The Bertz CT molecular complexity index is 1110. The Morgan fingerprint density at radius 2 is 1.68 bits per heavy atom. The van der Waals surface area contributed by atoms with Crippen LogP contribution in [-0.4, -0.2) is 57.6 Å². The maximum atomic E-state index is 13.4. The molecule has 0 radical (unpaired) electrons. The molecule has 2 rings (SSSR count). The lowest BCUT2D eigenvalue weighted by Gasteiger charge is -2.31. The van der Waals surface area contributed by atoms with Crippen molar-refractivity contribution in [3.05, 3.63) is 59.1 Å². The summed E-state index contributed by atoms with van der Waals surface area (Å²) < 4.78 is 31.4. The highest BCUT2D eigenvalue weighted by Crippen LogP contribution is 2.23. The molecule has 0 fully saturated rings. The highest BCUT2D eigenvalue weighted by atomic mass is 35.5. The molecule has 2 aromatic rings. The zero-order valence-electron chi connectivity index (χ0n) is 22.1. The van der Waals surface area contributed by atoms with E-state index in [1.54, 1.807) is 48.4 Å². The number of ether oxygens (including phenoxy) is 1. The number of rotatable bonds is 15. The van der Waals surface area contributed by atoms with E-state index < -0.39 is 16.1 Å². The number of sulfonamides is 1. The minimum absolute atomic E-state index is 0.0918. The van der Waals surface area contributed by atoms with Crippen molar-refractivity contribution in [1.29, 1.82) is 0 Å². The second-order valence-electron chi connectivity index (χ2n) is 8.85. The zero-order valence-corrected chi connectivity index (χ0v) is 23.6. The van der Waals surface area contributed by atoms with Gasteiger partial charge in [0.2, 0.25) is 21.8 Å². The molecule has 2 aromatic carbocycles. The molecule has 0 saturated heterocycles. The molecule has 0 aliphatic carbocycles. The standard InChI is InChI=1S/C27H38ClN3O5S/c1-5-7-18-29-27(33)25(6-2)30(20-21-10-12-22(28)13-11-21)26(32)9-8-19-31(37(4,34)35)23-14-16-24(36-3)17-15-23/h10-17,25H,5-9,18-20H2,1-4H3,(H,29,33)/t25-/m0/s1. The van der Waals surface area contributed by atoms with Crippen LogP contribution in [0.2, 0.25) is 5.02 Å². The first-order chi connectivity index (χ1) is 17.6. The summed E-state index contributed by atoms with van der Waals surface area (Å²) >= 11 is 6.02. The van der Waals surface area contributed by atoms with Crippen LogP contribution in [0.5, 0.6) is 5.75 Å². The van der Waals surface area contributed by atoms with Gasteiger partial charge in [0.05, 0.1) is 19.1 Å². The lowest BCUT2D eigenvalue weighted by Crippen LogP contribution is -2.49. The zero-order chi connectivity index (χ0) is 27.4. The number of benzene rings is 2. The van der Waals surface area contributed by atoms with Crippen molar-refractivity contribution in [2.45, 2.75) is 58.5 Å². The van der Waals surface area contributed by atoms with Crippen LogP contribution in [0, 0.1) is 0 Å². The molecule has 0 saturated carbocycles. The SMILES string of the molecule is CCCCNC(=O)[C@H](CC)N(Cc1ccc(Cl)cc1)C(=O)CCCN(c1ccc(OC)cc1)S(C)(=O)=O. The first-order valence-electron chi connectivity index (χ1n) is 12.5. The van der Waals surface area contributed by atoms with Crippen LogP contribution in [0.1, 0.15) is 51.5 Å². The molecule has 10 heteroatoms. The van der Waals surface area contributed by atoms with Gasteiger partial charge in [0, 0.05) is 31.1 Å². The average molecular weight is 552 g/mol. The van der Waals surface area contributed by atoms with Gasteiger partial charge in [-0.1, -0.05) is 44.0 Å². The predicted octanol–water partition coefficient (Wildman–Crippen LogP) is 4.62. The van der Waals surface area contributed by atoms with Crippen LogP contribution in [0.25, 0.3) is 0 Å². The van der Waals surface area contributed by atoms with E-state index >= 15 is 0 Å². The fourth-order valence-electron chi connectivity index (χ4n) is 3.96. The first-order valence-corrected chi connectivity index (χ1v) is 14.8. The Morgan fingerprint density at radius 3 is 2.22 bits per heavy atom. The minimum Gasteiger partial charge on any atom is -0.497 e. The molecular weight excluding hydrogens is 514 g/mol. The number of nitrogens with zero attached hydrogens (tertiary/aromatic N) is 2. The molecule has 0 aliphatic rings. The van der Waals surface area contributed by atoms with E-state index in [1.807, 2.05) is 26.0 Å². The van der Waals surface area contributed by atoms with Crippen molar-refractivity contribution < 1.29 is 22.7 Å². The summed E-state index contributed by atoms with van der Waals surface area (Å²) in [7, 11) is -2.02. The van der Waals surface area contributed by atoms with E-state index in [-0.39, 0.29) is 31.3 Å². The summed E-state index contributed by atoms with van der Waals surface area (Å²) in [6, 6.07) is 13.3. The monoisotopic (exact) mass is 551 g/mol. The van der Waals surface area contributed by atoms with E-state index in [9.17, 15) is 18.0 Å². The van der Waals surface area contributed by atoms with Crippen LogP contribution in [0.3, 0.4) is 0 Å². The van der Waals surface area contributed by atoms with Crippen LogP contribution < -0.4 is 14.4 Å². The number of hydrogen-bond acceptors (Lipinski definition) is 5. The Hall–Kier alpha value is -2.78. The van der Waals surface area contributed by atoms with Gasteiger partial charge in [-0.25, -0.2) is 8.42 Å². The summed E-state index contributed by atoms with van der Waals surface area (Å²) in [5, 5.41) is 3.53. The van der Waals surface area contributed by atoms with Crippen LogP contribution >= 0.6 is 11.6 Å². The van der Waals surface area contributed by atoms with E-state index in [4.69, 9.17) is 16.3 Å². The normalized spacial score (nSPS) is 12.0. The topological polar surface area (TPSA) is 96.0 Å². The summed E-state index contributed by atoms with van der Waals surface area (Å²) in [5.74, 6) is 0.220. The second kappa shape index (κ2) is 14.8. The van der Waals surface area contributed by atoms with Gasteiger partial charge in [-0.05, 0) is 61.2 Å². The average Bonchev–Trinajstić information content (AvgIpc) is 2.87. The molecule has 0 spiro atoms. The Morgan fingerprint density at radius 1 is 1.03 bits per heavy atom. The largest absolute Gasteiger partial charge is 0.497 e. The fraction of sp³-hybridized carbons (Fsp3) is 0.481. The number of hydrogen-bond donors (Lipinski definition) is 1. The van der Waals surface area contributed by atoms with E-state index in [0.29, 0.717) is 35.8 Å². The Balaban J connectivity index is 2.18. The van der Waals surface area contributed by atoms with Crippen LogP contribution in [0.4, 0.5) is 5.69 Å². The number of methoxy groups -OCH3 is 1. The van der Waals surface area contributed by atoms with Crippen molar-refractivity contribution in [2.75, 3.05) is 30.8 Å². The summed E-state index contributed by atoms with van der Waals surface area (Å²) in [5.41, 5.74) is 1.35. The molecular formula is C27H38ClN3O5S. The third-order valence-corrected chi connectivity index (χ3v) is 7.44. The Kier molecular flexibility index (Phi) is 12.2. The number of unbranched alkanes of at least 4 members (excludes halogenated alkanes) is 1. The van der Waals surface area contributed by atoms with E-state index in [0.717, 1.165) is 24.7 Å². The van der Waals surface area contributed by atoms with Gasteiger partial charge in [0.1, 0.15) is 11.8 Å². The molecule has 0 heterocycles. The van der Waals surface area contributed by atoms with Gasteiger partial charge in [-0.2, -0.15) is 0 Å². The van der Waals surface area contributed by atoms with Crippen LogP contribution in [-0.2, 0) is 26.2 Å². The number of carbonyl (C=O) groups is 2. The number of amides is 2. The van der Waals surface area contributed by atoms with Gasteiger partial charge >= 0.3 is 0 Å². The van der Waals surface area contributed by atoms with Crippen molar-refractivity contribution in [2.24, 2.45) is 0 Å². The summed E-state index contributed by atoms with van der Waals surface area (Å²) in [4.78, 5) is 28.0. The maximum Gasteiger partial charge on any atom is 0.242 e. The maximum absolute atomic E-state index is 13.4. The number of halogens is 1. The molecule has 37 heavy (non-hydrogen) atoms.